The summed E-state index contributed by atoms with van der Waals surface area (Å²) in [5.41, 5.74) is 3.31. The largest absolute Gasteiger partial charge is 0.479 e. The first-order valence-electron chi connectivity index (χ1n) is 6.78. The van der Waals surface area contributed by atoms with Crippen molar-refractivity contribution >= 4 is 11.9 Å². The van der Waals surface area contributed by atoms with Crippen LogP contribution in [0.25, 0.3) is 0 Å². The first kappa shape index (κ1) is 15.6. The summed E-state index contributed by atoms with van der Waals surface area (Å²) in [4.78, 5) is 31.5. The van der Waals surface area contributed by atoms with Gasteiger partial charge in [0.15, 0.2) is 6.04 Å². The zero-order valence-electron chi connectivity index (χ0n) is 12.6. The van der Waals surface area contributed by atoms with Gasteiger partial charge in [0, 0.05) is 6.20 Å². The Morgan fingerprint density at radius 1 is 1.09 bits per heavy atom. The van der Waals surface area contributed by atoms with Crippen molar-refractivity contribution in [3.05, 3.63) is 58.7 Å². The van der Waals surface area contributed by atoms with Crippen LogP contribution in [-0.4, -0.2) is 27.0 Å². The fourth-order valence-corrected chi connectivity index (χ4v) is 1.95. The number of nitrogens with zero attached hydrogens (tertiary/aromatic N) is 2. The maximum Gasteiger partial charge on any atom is 0.330 e. The number of carboxylic acid groups (broad SMARTS) is 1. The third-order valence-corrected chi connectivity index (χ3v) is 3.40. The standard InChI is InChI=1S/C16H17N3O3/c1-9-4-5-12(6-10(9)2)14(16(21)22)19-15(20)13-8-17-11(3)7-18-13/h4-8,14H,1-3H3,(H,19,20)(H,21,22). The molecule has 0 aliphatic rings. The van der Waals surface area contributed by atoms with E-state index in [1.165, 1.54) is 12.4 Å². The molecular weight excluding hydrogens is 282 g/mol. The Labute approximate surface area is 128 Å². The number of rotatable bonds is 4. The summed E-state index contributed by atoms with van der Waals surface area (Å²) in [5.74, 6) is -1.70. The van der Waals surface area contributed by atoms with Crippen LogP contribution in [0.1, 0.15) is 38.9 Å². The van der Waals surface area contributed by atoms with E-state index in [0.29, 0.717) is 11.3 Å². The van der Waals surface area contributed by atoms with E-state index >= 15 is 0 Å². The van der Waals surface area contributed by atoms with E-state index in [9.17, 15) is 14.7 Å². The van der Waals surface area contributed by atoms with Crippen LogP contribution in [0.5, 0.6) is 0 Å². The SMILES string of the molecule is Cc1cnc(C(=O)NC(C(=O)O)c2ccc(C)c(C)c2)cn1. The molecule has 0 aliphatic carbocycles. The van der Waals surface area contributed by atoms with Crippen molar-refractivity contribution in [1.29, 1.82) is 0 Å². The minimum atomic E-state index is -1.13. The highest BCUT2D eigenvalue weighted by molar-refractivity contribution is 5.95. The normalized spacial score (nSPS) is 11.8. The third-order valence-electron chi connectivity index (χ3n) is 3.40. The predicted molar refractivity (Wildman–Crippen MR) is 80.5 cm³/mol. The Balaban J connectivity index is 2.25. The van der Waals surface area contributed by atoms with Crippen molar-refractivity contribution in [1.82, 2.24) is 15.3 Å². The van der Waals surface area contributed by atoms with E-state index in [1.807, 2.05) is 19.9 Å². The molecule has 1 heterocycles. The van der Waals surface area contributed by atoms with Crippen molar-refractivity contribution in [2.24, 2.45) is 0 Å². The molecule has 114 valence electrons. The molecule has 0 radical (unpaired) electrons. The van der Waals surface area contributed by atoms with Crippen LogP contribution in [-0.2, 0) is 4.79 Å². The number of benzene rings is 1. The molecule has 2 N–H and O–H groups in total. The number of carbonyl (C=O) groups excluding carboxylic acids is 1. The van der Waals surface area contributed by atoms with Crippen LogP contribution >= 0.6 is 0 Å². The summed E-state index contributed by atoms with van der Waals surface area (Å²) in [7, 11) is 0. The minimum absolute atomic E-state index is 0.0840. The molecule has 1 aromatic carbocycles. The third kappa shape index (κ3) is 3.46. The van der Waals surface area contributed by atoms with Gasteiger partial charge in [-0.25, -0.2) is 9.78 Å². The lowest BCUT2D eigenvalue weighted by atomic mass is 10.0. The molecule has 0 spiro atoms. The van der Waals surface area contributed by atoms with E-state index in [0.717, 1.165) is 11.1 Å². The lowest BCUT2D eigenvalue weighted by molar-refractivity contribution is -0.139. The van der Waals surface area contributed by atoms with Crippen molar-refractivity contribution in [3.63, 3.8) is 0 Å². The molecule has 6 heteroatoms. The zero-order valence-corrected chi connectivity index (χ0v) is 12.6. The summed E-state index contributed by atoms with van der Waals surface area (Å²) in [6.07, 6.45) is 2.78. The summed E-state index contributed by atoms with van der Waals surface area (Å²) < 4.78 is 0. The highest BCUT2D eigenvalue weighted by atomic mass is 16.4. The van der Waals surface area contributed by atoms with Gasteiger partial charge in [-0.05, 0) is 37.5 Å². The van der Waals surface area contributed by atoms with E-state index in [1.54, 1.807) is 19.1 Å². The van der Waals surface area contributed by atoms with Gasteiger partial charge in [-0.15, -0.1) is 0 Å². The highest BCUT2D eigenvalue weighted by Crippen LogP contribution is 2.18. The summed E-state index contributed by atoms with van der Waals surface area (Å²) >= 11 is 0. The molecule has 22 heavy (non-hydrogen) atoms. The molecule has 2 rings (SSSR count). The first-order chi connectivity index (χ1) is 10.4. The van der Waals surface area contributed by atoms with Gasteiger partial charge in [0.05, 0.1) is 11.9 Å². The molecule has 0 saturated heterocycles. The fourth-order valence-electron chi connectivity index (χ4n) is 1.95. The van der Waals surface area contributed by atoms with E-state index in [4.69, 9.17) is 0 Å². The number of hydrogen-bond acceptors (Lipinski definition) is 4. The molecule has 6 nitrogen and oxygen atoms in total. The van der Waals surface area contributed by atoms with E-state index in [2.05, 4.69) is 15.3 Å². The molecule has 1 aromatic heterocycles. The van der Waals surface area contributed by atoms with Gasteiger partial charge in [0.2, 0.25) is 0 Å². The van der Waals surface area contributed by atoms with Crippen LogP contribution in [0.3, 0.4) is 0 Å². The Morgan fingerprint density at radius 2 is 1.82 bits per heavy atom. The van der Waals surface area contributed by atoms with Crippen LogP contribution in [0.15, 0.2) is 30.6 Å². The van der Waals surface area contributed by atoms with Crippen molar-refractivity contribution in [2.75, 3.05) is 0 Å². The molecule has 2 aromatic rings. The second-order valence-electron chi connectivity index (χ2n) is 5.13. The quantitative estimate of drug-likeness (QED) is 0.900. The number of carbonyl (C=O) groups is 2. The van der Waals surface area contributed by atoms with Gasteiger partial charge >= 0.3 is 5.97 Å². The number of amides is 1. The van der Waals surface area contributed by atoms with Crippen LogP contribution < -0.4 is 5.32 Å². The Bertz CT molecular complexity index is 711. The topological polar surface area (TPSA) is 92.2 Å². The van der Waals surface area contributed by atoms with Crippen molar-refractivity contribution < 1.29 is 14.7 Å². The number of aryl methyl sites for hydroxylation is 3. The molecule has 1 amide bonds. The molecule has 0 fully saturated rings. The number of aliphatic carboxylic acids is 1. The number of nitrogens with one attached hydrogen (secondary N) is 1. The van der Waals surface area contributed by atoms with Gasteiger partial charge in [-0.3, -0.25) is 9.78 Å². The second-order valence-corrected chi connectivity index (χ2v) is 5.13. The zero-order chi connectivity index (χ0) is 16.3. The van der Waals surface area contributed by atoms with Crippen LogP contribution in [0.2, 0.25) is 0 Å². The average molecular weight is 299 g/mol. The summed E-state index contributed by atoms with van der Waals surface area (Å²) in [6, 6.07) is 4.16. The monoisotopic (exact) mass is 299 g/mol. The Kier molecular flexibility index (Phi) is 4.50. The molecule has 0 aliphatic heterocycles. The Hall–Kier alpha value is -2.76. The van der Waals surface area contributed by atoms with E-state index < -0.39 is 17.9 Å². The van der Waals surface area contributed by atoms with Gasteiger partial charge < -0.3 is 10.4 Å². The van der Waals surface area contributed by atoms with Gasteiger partial charge in [0.1, 0.15) is 5.69 Å². The van der Waals surface area contributed by atoms with Gasteiger partial charge in [0.25, 0.3) is 5.91 Å². The Morgan fingerprint density at radius 3 is 2.36 bits per heavy atom. The summed E-state index contributed by atoms with van der Waals surface area (Å²) in [6.45, 7) is 5.59. The lowest BCUT2D eigenvalue weighted by Gasteiger charge is -2.16. The lowest BCUT2D eigenvalue weighted by Crippen LogP contribution is -2.34. The van der Waals surface area contributed by atoms with Gasteiger partial charge in [-0.1, -0.05) is 18.2 Å². The molecule has 1 atom stereocenters. The van der Waals surface area contributed by atoms with Crippen molar-refractivity contribution in [2.45, 2.75) is 26.8 Å². The molecule has 0 bridgehead atoms. The van der Waals surface area contributed by atoms with Gasteiger partial charge in [-0.2, -0.15) is 0 Å². The second kappa shape index (κ2) is 6.34. The minimum Gasteiger partial charge on any atom is -0.479 e. The van der Waals surface area contributed by atoms with Crippen molar-refractivity contribution in [3.8, 4) is 0 Å². The number of hydrogen-bond donors (Lipinski definition) is 2. The maximum absolute atomic E-state index is 12.1. The molecule has 0 saturated carbocycles. The molecular formula is C16H17N3O3. The number of aromatic nitrogens is 2. The molecule has 1 unspecified atom stereocenters. The summed E-state index contributed by atoms with van der Waals surface area (Å²) in [5, 5.41) is 11.9. The van der Waals surface area contributed by atoms with Crippen LogP contribution in [0, 0.1) is 20.8 Å². The first-order valence-corrected chi connectivity index (χ1v) is 6.78. The van der Waals surface area contributed by atoms with Crippen LogP contribution in [0.4, 0.5) is 0 Å². The smallest absolute Gasteiger partial charge is 0.330 e. The average Bonchev–Trinajstić information content (AvgIpc) is 2.48. The predicted octanol–water partition coefficient (Wildman–Crippen LogP) is 1.96. The number of carboxylic acids is 1. The fraction of sp³-hybridized carbons (Fsp3) is 0.250. The highest BCUT2D eigenvalue weighted by Gasteiger charge is 2.23. The van der Waals surface area contributed by atoms with E-state index in [-0.39, 0.29) is 5.69 Å². The maximum atomic E-state index is 12.1.